The molecule has 0 saturated heterocycles. The van der Waals surface area contributed by atoms with Crippen molar-refractivity contribution < 1.29 is 36.0 Å². The molecule has 0 fully saturated rings. The predicted molar refractivity (Wildman–Crippen MR) is 103 cm³/mol. The van der Waals surface area contributed by atoms with E-state index in [0.717, 1.165) is 36.6 Å². The standard InChI is InChI=1S/C19H20F6N4O2/c1-4-6-16(19(23,24)25)15(12(2)28-17(30)29(3)26)11-31-27-10-13-7-5-8-14(9-13)18(20,21)22/h4-10H,2,11,26H2,1,3H3,(H,28,30)/b6-4-,16-15+,27-10-. The van der Waals surface area contributed by atoms with Crippen LogP contribution in [0, 0.1) is 0 Å². The van der Waals surface area contributed by atoms with Crippen molar-refractivity contribution in [3.63, 3.8) is 0 Å². The van der Waals surface area contributed by atoms with Crippen LogP contribution in [0.4, 0.5) is 31.1 Å². The van der Waals surface area contributed by atoms with Crippen LogP contribution >= 0.6 is 0 Å². The van der Waals surface area contributed by atoms with Gasteiger partial charge in [0.2, 0.25) is 0 Å². The van der Waals surface area contributed by atoms with Crippen LogP contribution < -0.4 is 11.2 Å². The van der Waals surface area contributed by atoms with Crippen molar-refractivity contribution in [2.75, 3.05) is 13.7 Å². The van der Waals surface area contributed by atoms with Gasteiger partial charge in [0.1, 0.15) is 6.61 Å². The van der Waals surface area contributed by atoms with E-state index in [2.05, 4.69) is 17.1 Å². The fourth-order valence-corrected chi connectivity index (χ4v) is 2.15. The number of carbonyl (C=O) groups is 1. The first-order chi connectivity index (χ1) is 14.3. The van der Waals surface area contributed by atoms with Crippen molar-refractivity contribution in [3.8, 4) is 0 Å². The molecule has 12 heteroatoms. The third kappa shape index (κ3) is 8.16. The number of rotatable bonds is 7. The number of hydrogen-bond donors (Lipinski definition) is 2. The van der Waals surface area contributed by atoms with Crippen LogP contribution in [-0.2, 0) is 11.0 Å². The van der Waals surface area contributed by atoms with Crippen LogP contribution in [0.2, 0.25) is 0 Å². The van der Waals surface area contributed by atoms with E-state index in [1.165, 1.54) is 20.0 Å². The summed E-state index contributed by atoms with van der Waals surface area (Å²) in [5, 5.41) is 6.11. The minimum absolute atomic E-state index is 0.0155. The Morgan fingerprint density at radius 3 is 2.45 bits per heavy atom. The molecule has 0 radical (unpaired) electrons. The lowest BCUT2D eigenvalue weighted by Gasteiger charge is -2.19. The number of benzene rings is 1. The summed E-state index contributed by atoms with van der Waals surface area (Å²) in [4.78, 5) is 16.5. The molecule has 1 rings (SSSR count). The Morgan fingerprint density at radius 1 is 1.29 bits per heavy atom. The number of nitrogens with one attached hydrogen (secondary N) is 1. The average Bonchev–Trinajstić information content (AvgIpc) is 2.65. The largest absolute Gasteiger partial charge is 0.416 e. The van der Waals surface area contributed by atoms with Crippen molar-refractivity contribution in [3.05, 3.63) is 71.0 Å². The van der Waals surface area contributed by atoms with E-state index in [4.69, 9.17) is 10.7 Å². The summed E-state index contributed by atoms with van der Waals surface area (Å²) in [5.74, 6) is 5.23. The Hall–Kier alpha value is -3.28. The van der Waals surface area contributed by atoms with Crippen LogP contribution in [0.15, 0.2) is 65.0 Å². The number of nitrogens with zero attached hydrogens (tertiary/aromatic N) is 2. The monoisotopic (exact) mass is 450 g/mol. The zero-order valence-electron chi connectivity index (χ0n) is 16.5. The Kier molecular flexibility index (Phi) is 8.86. The second kappa shape index (κ2) is 10.7. The van der Waals surface area contributed by atoms with Gasteiger partial charge in [0, 0.05) is 18.3 Å². The normalized spacial score (nSPS) is 13.3. The molecule has 0 saturated carbocycles. The summed E-state index contributed by atoms with van der Waals surface area (Å²) < 4.78 is 78.5. The minimum atomic E-state index is -4.82. The van der Waals surface area contributed by atoms with Gasteiger partial charge in [0.15, 0.2) is 0 Å². The van der Waals surface area contributed by atoms with Gasteiger partial charge in [-0.1, -0.05) is 36.0 Å². The van der Waals surface area contributed by atoms with Crippen LogP contribution in [0.3, 0.4) is 0 Å². The highest BCUT2D eigenvalue weighted by molar-refractivity contribution is 5.79. The highest BCUT2D eigenvalue weighted by Crippen LogP contribution is 2.32. The lowest BCUT2D eigenvalue weighted by atomic mass is 10.1. The first-order valence-electron chi connectivity index (χ1n) is 8.51. The lowest BCUT2D eigenvalue weighted by Crippen LogP contribution is -2.41. The molecule has 31 heavy (non-hydrogen) atoms. The highest BCUT2D eigenvalue weighted by atomic mass is 19.4. The molecule has 0 spiro atoms. The zero-order valence-corrected chi connectivity index (χ0v) is 16.5. The number of urea groups is 1. The summed E-state index contributed by atoms with van der Waals surface area (Å²) in [7, 11) is 1.17. The molecule has 0 aromatic heterocycles. The molecule has 0 heterocycles. The van der Waals surface area contributed by atoms with Gasteiger partial charge in [-0.15, -0.1) is 0 Å². The maximum absolute atomic E-state index is 13.4. The highest BCUT2D eigenvalue weighted by Gasteiger charge is 2.35. The third-order valence-corrected chi connectivity index (χ3v) is 3.61. The van der Waals surface area contributed by atoms with Crippen LogP contribution in [0.5, 0.6) is 0 Å². The SMILES string of the molecule is C=C(NC(=O)N(C)N)/C(CO/N=C\c1cccc(C(F)(F)F)c1)=C(\C=C/C)C(F)(F)F. The first-order valence-corrected chi connectivity index (χ1v) is 8.51. The van der Waals surface area contributed by atoms with E-state index in [1.54, 1.807) is 0 Å². The van der Waals surface area contributed by atoms with Gasteiger partial charge in [-0.05, 0) is 24.6 Å². The molecule has 170 valence electrons. The van der Waals surface area contributed by atoms with Gasteiger partial charge in [-0.3, -0.25) is 5.01 Å². The van der Waals surface area contributed by atoms with E-state index in [1.807, 2.05) is 0 Å². The first kappa shape index (κ1) is 25.8. The molecule has 1 aromatic carbocycles. The number of halogens is 6. The van der Waals surface area contributed by atoms with Crippen molar-refractivity contribution in [2.24, 2.45) is 11.0 Å². The maximum Gasteiger partial charge on any atom is 0.416 e. The van der Waals surface area contributed by atoms with Gasteiger partial charge < -0.3 is 10.2 Å². The lowest BCUT2D eigenvalue weighted by molar-refractivity contribution is -0.137. The van der Waals surface area contributed by atoms with Gasteiger partial charge in [0.25, 0.3) is 0 Å². The van der Waals surface area contributed by atoms with Gasteiger partial charge in [-0.2, -0.15) is 26.3 Å². The average molecular weight is 450 g/mol. The summed E-state index contributed by atoms with van der Waals surface area (Å²) in [6.45, 7) is 3.97. The van der Waals surface area contributed by atoms with E-state index in [-0.39, 0.29) is 5.56 Å². The van der Waals surface area contributed by atoms with Crippen molar-refractivity contribution >= 4 is 12.2 Å². The molecule has 0 aliphatic carbocycles. The number of hydrazine groups is 1. The third-order valence-electron chi connectivity index (χ3n) is 3.61. The van der Waals surface area contributed by atoms with Crippen molar-refractivity contribution in [1.29, 1.82) is 0 Å². The Balaban J connectivity index is 3.13. The molecule has 0 aliphatic heterocycles. The van der Waals surface area contributed by atoms with Gasteiger partial charge in [-0.25, -0.2) is 10.6 Å². The molecule has 0 bridgehead atoms. The minimum Gasteiger partial charge on any atom is -0.391 e. The second-order valence-corrected chi connectivity index (χ2v) is 6.04. The molecule has 6 nitrogen and oxygen atoms in total. The van der Waals surface area contributed by atoms with Crippen molar-refractivity contribution in [1.82, 2.24) is 10.3 Å². The molecular formula is C19H20F6N4O2. The number of oxime groups is 1. The molecule has 0 unspecified atom stereocenters. The Bertz CT molecular complexity index is 886. The van der Waals surface area contributed by atoms with Crippen LogP contribution in [-0.4, -0.2) is 37.1 Å². The summed E-state index contributed by atoms with van der Waals surface area (Å²) in [6, 6.07) is 3.16. The number of carbonyl (C=O) groups excluding carboxylic acids is 1. The van der Waals surface area contributed by atoms with Crippen LogP contribution in [0.1, 0.15) is 18.1 Å². The molecule has 1 aromatic rings. The maximum atomic E-state index is 13.4. The van der Waals surface area contributed by atoms with E-state index >= 15 is 0 Å². The summed E-state index contributed by atoms with van der Waals surface area (Å²) in [5.41, 5.74) is -3.06. The molecule has 2 amide bonds. The smallest absolute Gasteiger partial charge is 0.391 e. The topological polar surface area (TPSA) is 80.0 Å². The molecular weight excluding hydrogens is 430 g/mol. The number of hydrogen-bond acceptors (Lipinski definition) is 4. The van der Waals surface area contributed by atoms with Gasteiger partial charge in [0.05, 0.1) is 17.4 Å². The van der Waals surface area contributed by atoms with E-state index in [0.29, 0.717) is 5.01 Å². The number of nitrogens with two attached hydrogens (primary N) is 1. The summed E-state index contributed by atoms with van der Waals surface area (Å²) >= 11 is 0. The van der Waals surface area contributed by atoms with E-state index in [9.17, 15) is 31.1 Å². The quantitative estimate of drug-likeness (QED) is 0.160. The zero-order chi connectivity index (χ0) is 23.8. The van der Waals surface area contributed by atoms with Crippen molar-refractivity contribution in [2.45, 2.75) is 19.3 Å². The fraction of sp³-hybridized carbons (Fsp3) is 0.263. The molecule has 3 N–H and O–H groups in total. The van der Waals surface area contributed by atoms with Crippen LogP contribution in [0.25, 0.3) is 0 Å². The predicted octanol–water partition coefficient (Wildman–Crippen LogP) is 4.52. The number of allylic oxidation sites excluding steroid dienone is 3. The molecule has 0 aliphatic rings. The summed E-state index contributed by atoms with van der Waals surface area (Å²) in [6.07, 6.45) is -6.61. The number of alkyl halides is 6. The Labute approximate surface area is 174 Å². The van der Waals surface area contributed by atoms with Gasteiger partial charge >= 0.3 is 18.4 Å². The fourth-order valence-electron chi connectivity index (χ4n) is 2.15. The Morgan fingerprint density at radius 2 is 1.94 bits per heavy atom. The van der Waals surface area contributed by atoms with E-state index < -0.39 is 47.4 Å². The second-order valence-electron chi connectivity index (χ2n) is 6.04. The molecule has 0 atom stereocenters. The number of amides is 2.